The normalized spacial score (nSPS) is 13.4. The molecule has 1 fully saturated rings. The number of amides is 3. The molecular formula is C27H33N3O7. The molecule has 1 saturated heterocycles. The van der Waals surface area contributed by atoms with Crippen molar-refractivity contribution < 1.29 is 33.4 Å². The van der Waals surface area contributed by atoms with Gasteiger partial charge in [0.1, 0.15) is 11.5 Å². The Hall–Kier alpha value is -4.08. The first-order valence-electron chi connectivity index (χ1n) is 12.2. The number of esters is 1. The van der Waals surface area contributed by atoms with E-state index >= 15 is 0 Å². The number of hydrogen-bond acceptors (Lipinski definition) is 7. The summed E-state index contributed by atoms with van der Waals surface area (Å²) in [6, 6.07) is 11.9. The van der Waals surface area contributed by atoms with Crippen LogP contribution >= 0.6 is 0 Å². The van der Waals surface area contributed by atoms with Crippen LogP contribution in [0.5, 0.6) is 11.5 Å². The number of nitrogens with zero attached hydrogens (tertiary/aromatic N) is 1. The van der Waals surface area contributed by atoms with E-state index in [0.29, 0.717) is 61.0 Å². The lowest BCUT2D eigenvalue weighted by molar-refractivity contribution is -0.151. The minimum Gasteiger partial charge on any atom is -0.494 e. The highest BCUT2D eigenvalue weighted by Gasteiger charge is 2.28. The van der Waals surface area contributed by atoms with Gasteiger partial charge in [-0.2, -0.15) is 0 Å². The Morgan fingerprint density at radius 2 is 1.49 bits per heavy atom. The molecule has 2 aromatic rings. The third-order valence-electron chi connectivity index (χ3n) is 6.11. The highest BCUT2D eigenvalue weighted by Crippen LogP contribution is 2.36. The highest BCUT2D eigenvalue weighted by atomic mass is 16.5. The van der Waals surface area contributed by atoms with E-state index in [1.807, 2.05) is 6.07 Å². The molecule has 1 aliphatic rings. The molecule has 10 heteroatoms. The van der Waals surface area contributed by atoms with Crippen LogP contribution in [-0.4, -0.2) is 62.5 Å². The Bertz CT molecular complexity index is 1110. The van der Waals surface area contributed by atoms with Crippen molar-refractivity contribution >= 4 is 35.1 Å². The average molecular weight is 512 g/mol. The van der Waals surface area contributed by atoms with Crippen molar-refractivity contribution in [1.29, 1.82) is 0 Å². The summed E-state index contributed by atoms with van der Waals surface area (Å²) < 4.78 is 15.9. The zero-order valence-corrected chi connectivity index (χ0v) is 21.4. The second-order valence-electron chi connectivity index (χ2n) is 8.53. The van der Waals surface area contributed by atoms with Gasteiger partial charge in [0, 0.05) is 43.6 Å². The summed E-state index contributed by atoms with van der Waals surface area (Å²) in [7, 11) is 2.90. The number of ether oxygens (including phenoxy) is 3. The molecule has 0 spiro atoms. The summed E-state index contributed by atoms with van der Waals surface area (Å²) in [6.07, 6.45) is 1.14. The molecule has 3 amide bonds. The summed E-state index contributed by atoms with van der Waals surface area (Å²) in [5, 5.41) is 5.54. The molecule has 2 aromatic carbocycles. The van der Waals surface area contributed by atoms with Crippen molar-refractivity contribution in [3.63, 3.8) is 0 Å². The first-order valence-corrected chi connectivity index (χ1v) is 12.2. The summed E-state index contributed by atoms with van der Waals surface area (Å²) >= 11 is 0. The van der Waals surface area contributed by atoms with Gasteiger partial charge in [0.05, 0.1) is 38.1 Å². The van der Waals surface area contributed by atoms with Crippen LogP contribution < -0.4 is 20.1 Å². The SMILES string of the molecule is CCOC(=O)C1CCN(C(=O)CCC(=O)Nc2cc(OC)c(NC(=O)c3ccccc3)cc2OC)CC1. The van der Waals surface area contributed by atoms with Gasteiger partial charge < -0.3 is 29.7 Å². The lowest BCUT2D eigenvalue weighted by atomic mass is 9.96. The second kappa shape index (κ2) is 13.3. The molecule has 0 aliphatic carbocycles. The average Bonchev–Trinajstić information content (AvgIpc) is 2.92. The fourth-order valence-corrected chi connectivity index (χ4v) is 4.09. The van der Waals surface area contributed by atoms with Crippen LogP contribution in [0.3, 0.4) is 0 Å². The largest absolute Gasteiger partial charge is 0.494 e. The third kappa shape index (κ3) is 7.45. The summed E-state index contributed by atoms with van der Waals surface area (Å²) in [6.45, 7) is 3.04. The molecular weight excluding hydrogens is 478 g/mol. The maximum atomic E-state index is 12.6. The number of benzene rings is 2. The van der Waals surface area contributed by atoms with E-state index in [0.717, 1.165) is 0 Å². The van der Waals surface area contributed by atoms with Crippen LogP contribution in [0.15, 0.2) is 42.5 Å². The molecule has 0 radical (unpaired) electrons. The number of carbonyl (C=O) groups is 4. The molecule has 0 aromatic heterocycles. The molecule has 1 aliphatic heterocycles. The number of rotatable bonds is 10. The maximum Gasteiger partial charge on any atom is 0.309 e. The minimum atomic E-state index is -0.365. The van der Waals surface area contributed by atoms with Gasteiger partial charge in [-0.25, -0.2) is 0 Å². The number of carbonyl (C=O) groups excluding carboxylic acids is 4. The summed E-state index contributed by atoms with van der Waals surface area (Å²) in [5.74, 6) is -0.565. The van der Waals surface area contributed by atoms with Gasteiger partial charge in [0.15, 0.2) is 0 Å². The van der Waals surface area contributed by atoms with Gasteiger partial charge in [0.25, 0.3) is 5.91 Å². The van der Waals surface area contributed by atoms with Crippen molar-refractivity contribution in [3.05, 3.63) is 48.0 Å². The number of nitrogens with one attached hydrogen (secondary N) is 2. The lowest BCUT2D eigenvalue weighted by Crippen LogP contribution is -2.40. The quantitative estimate of drug-likeness (QED) is 0.468. The van der Waals surface area contributed by atoms with Gasteiger partial charge in [-0.15, -0.1) is 0 Å². The van der Waals surface area contributed by atoms with Crippen LogP contribution in [0.2, 0.25) is 0 Å². The van der Waals surface area contributed by atoms with Crippen molar-refractivity contribution in [2.24, 2.45) is 5.92 Å². The molecule has 37 heavy (non-hydrogen) atoms. The molecule has 0 atom stereocenters. The predicted molar refractivity (Wildman–Crippen MR) is 138 cm³/mol. The van der Waals surface area contributed by atoms with E-state index in [4.69, 9.17) is 14.2 Å². The maximum absolute atomic E-state index is 12.6. The molecule has 0 unspecified atom stereocenters. The van der Waals surface area contributed by atoms with E-state index in [-0.39, 0.29) is 42.5 Å². The standard InChI is InChI=1S/C27H33N3O7/c1-4-37-27(34)19-12-14-30(15-13-19)25(32)11-10-24(31)28-20-16-23(36-3)21(17-22(20)35-2)29-26(33)18-8-6-5-7-9-18/h5-9,16-17,19H,4,10-15H2,1-3H3,(H,28,31)(H,29,33). The fraction of sp³-hybridized carbons (Fsp3) is 0.407. The summed E-state index contributed by atoms with van der Waals surface area (Å²) in [5.41, 5.74) is 1.22. The van der Waals surface area contributed by atoms with E-state index in [9.17, 15) is 19.2 Å². The van der Waals surface area contributed by atoms with Crippen LogP contribution in [-0.2, 0) is 19.1 Å². The predicted octanol–water partition coefficient (Wildman–Crippen LogP) is 3.48. The van der Waals surface area contributed by atoms with Crippen molar-refractivity contribution in [3.8, 4) is 11.5 Å². The smallest absolute Gasteiger partial charge is 0.309 e. The first-order chi connectivity index (χ1) is 17.9. The monoisotopic (exact) mass is 511 g/mol. The van der Waals surface area contributed by atoms with Crippen molar-refractivity contribution in [2.75, 3.05) is 44.5 Å². The Balaban J connectivity index is 1.57. The topological polar surface area (TPSA) is 123 Å². The van der Waals surface area contributed by atoms with E-state index in [1.165, 1.54) is 14.2 Å². The Morgan fingerprint density at radius 1 is 0.892 bits per heavy atom. The Morgan fingerprint density at radius 3 is 2.05 bits per heavy atom. The Labute approximate surface area is 216 Å². The number of anilines is 2. The van der Waals surface area contributed by atoms with Gasteiger partial charge in [-0.3, -0.25) is 19.2 Å². The van der Waals surface area contributed by atoms with Crippen LogP contribution in [0.4, 0.5) is 11.4 Å². The first kappa shape index (κ1) is 27.5. The number of piperidine rings is 1. The van der Waals surface area contributed by atoms with E-state index < -0.39 is 0 Å². The molecule has 198 valence electrons. The molecule has 0 bridgehead atoms. The number of likely N-dealkylation sites (tertiary alicyclic amines) is 1. The zero-order valence-electron chi connectivity index (χ0n) is 21.4. The van der Waals surface area contributed by atoms with Gasteiger partial charge in [0.2, 0.25) is 11.8 Å². The molecule has 2 N–H and O–H groups in total. The third-order valence-corrected chi connectivity index (χ3v) is 6.11. The molecule has 0 saturated carbocycles. The lowest BCUT2D eigenvalue weighted by Gasteiger charge is -2.30. The second-order valence-corrected chi connectivity index (χ2v) is 8.53. The number of methoxy groups -OCH3 is 2. The fourth-order valence-electron chi connectivity index (χ4n) is 4.09. The van der Waals surface area contributed by atoms with E-state index in [2.05, 4.69) is 10.6 Å². The molecule has 3 rings (SSSR count). The van der Waals surface area contributed by atoms with Crippen LogP contribution in [0, 0.1) is 5.92 Å². The van der Waals surface area contributed by atoms with Crippen molar-refractivity contribution in [1.82, 2.24) is 4.90 Å². The van der Waals surface area contributed by atoms with Gasteiger partial charge in [-0.05, 0) is 31.9 Å². The van der Waals surface area contributed by atoms with Crippen molar-refractivity contribution in [2.45, 2.75) is 32.6 Å². The summed E-state index contributed by atoms with van der Waals surface area (Å²) in [4.78, 5) is 51.3. The van der Waals surface area contributed by atoms with E-state index in [1.54, 1.807) is 48.2 Å². The minimum absolute atomic E-state index is 0.0192. The number of hydrogen-bond donors (Lipinski definition) is 2. The molecule has 1 heterocycles. The molecule has 10 nitrogen and oxygen atoms in total. The van der Waals surface area contributed by atoms with Crippen LogP contribution in [0.25, 0.3) is 0 Å². The van der Waals surface area contributed by atoms with Crippen LogP contribution in [0.1, 0.15) is 43.0 Å². The zero-order chi connectivity index (χ0) is 26.8. The van der Waals surface area contributed by atoms with Gasteiger partial charge in [-0.1, -0.05) is 18.2 Å². The Kier molecular flexibility index (Phi) is 9.88. The highest BCUT2D eigenvalue weighted by molar-refractivity contribution is 6.05. The van der Waals surface area contributed by atoms with Gasteiger partial charge >= 0.3 is 5.97 Å².